The number of hydrogen-bond acceptors (Lipinski definition) is 2. The van der Waals surface area contributed by atoms with Crippen LogP contribution in [-0.4, -0.2) is 41.6 Å². The Morgan fingerprint density at radius 2 is 2.16 bits per heavy atom. The van der Waals surface area contributed by atoms with E-state index in [0.29, 0.717) is 13.0 Å². The highest BCUT2D eigenvalue weighted by Crippen LogP contribution is 2.22. The Kier molecular flexibility index (Phi) is 3.74. The molecule has 0 radical (unpaired) electrons. The van der Waals surface area contributed by atoms with Gasteiger partial charge in [-0.15, -0.1) is 0 Å². The number of aliphatic carboxylic acids is 1. The van der Waals surface area contributed by atoms with Crippen molar-refractivity contribution in [3.63, 3.8) is 0 Å². The van der Waals surface area contributed by atoms with E-state index in [9.17, 15) is 9.59 Å². The van der Waals surface area contributed by atoms with Crippen molar-refractivity contribution in [2.75, 3.05) is 18.5 Å². The second kappa shape index (κ2) is 5.30. The van der Waals surface area contributed by atoms with Crippen molar-refractivity contribution in [1.82, 2.24) is 4.90 Å². The van der Waals surface area contributed by atoms with Gasteiger partial charge in [-0.3, -0.25) is 4.90 Å². The summed E-state index contributed by atoms with van der Waals surface area (Å²) in [7, 11) is 1.67. The number of aryl methyl sites for hydroxylation is 1. The van der Waals surface area contributed by atoms with Gasteiger partial charge in [-0.25, -0.2) is 9.59 Å². The van der Waals surface area contributed by atoms with Crippen molar-refractivity contribution in [1.29, 1.82) is 0 Å². The first-order chi connectivity index (χ1) is 9.00. The number of urea groups is 1. The van der Waals surface area contributed by atoms with Gasteiger partial charge in [-0.05, 0) is 37.5 Å². The quantitative estimate of drug-likeness (QED) is 0.887. The van der Waals surface area contributed by atoms with E-state index in [1.54, 1.807) is 7.05 Å². The number of amides is 2. The number of hydrogen-bond donors (Lipinski definition) is 1. The molecule has 5 heteroatoms. The van der Waals surface area contributed by atoms with Crippen LogP contribution >= 0.6 is 0 Å². The van der Waals surface area contributed by atoms with Gasteiger partial charge < -0.3 is 10.0 Å². The van der Waals surface area contributed by atoms with Gasteiger partial charge in [0.15, 0.2) is 0 Å². The molecule has 1 aliphatic heterocycles. The summed E-state index contributed by atoms with van der Waals surface area (Å²) in [5.41, 5.74) is 1.84. The van der Waals surface area contributed by atoms with Gasteiger partial charge in [0.05, 0.1) is 0 Å². The summed E-state index contributed by atoms with van der Waals surface area (Å²) in [6.45, 7) is 2.46. The van der Waals surface area contributed by atoms with Crippen molar-refractivity contribution in [2.24, 2.45) is 0 Å². The second-order valence-electron chi connectivity index (χ2n) is 4.87. The lowest BCUT2D eigenvalue weighted by molar-refractivity contribution is -0.141. The largest absolute Gasteiger partial charge is 0.480 e. The third-order valence-electron chi connectivity index (χ3n) is 3.46. The van der Waals surface area contributed by atoms with Crippen LogP contribution < -0.4 is 4.90 Å². The Balaban J connectivity index is 2.17. The molecule has 1 fully saturated rings. The van der Waals surface area contributed by atoms with Crippen molar-refractivity contribution < 1.29 is 14.7 Å². The molecule has 1 aliphatic rings. The first kappa shape index (κ1) is 13.4. The molecule has 1 atom stereocenters. The smallest absolute Gasteiger partial charge is 0.326 e. The van der Waals surface area contributed by atoms with Gasteiger partial charge in [0.2, 0.25) is 0 Å². The summed E-state index contributed by atoms with van der Waals surface area (Å²) in [4.78, 5) is 26.4. The molecule has 2 amide bonds. The van der Waals surface area contributed by atoms with Crippen molar-refractivity contribution in [3.8, 4) is 0 Å². The highest BCUT2D eigenvalue weighted by atomic mass is 16.4. The van der Waals surface area contributed by atoms with Gasteiger partial charge in [-0.2, -0.15) is 0 Å². The molecule has 0 unspecified atom stereocenters. The van der Waals surface area contributed by atoms with Crippen LogP contribution in [0.4, 0.5) is 10.5 Å². The molecule has 0 aromatic heterocycles. The Morgan fingerprint density at radius 3 is 2.79 bits per heavy atom. The zero-order valence-electron chi connectivity index (χ0n) is 11.2. The van der Waals surface area contributed by atoms with Crippen LogP contribution in [0.1, 0.15) is 18.4 Å². The fourth-order valence-electron chi connectivity index (χ4n) is 2.39. The highest BCUT2D eigenvalue weighted by molar-refractivity contribution is 5.94. The molecule has 1 saturated heterocycles. The van der Waals surface area contributed by atoms with Crippen LogP contribution in [-0.2, 0) is 4.79 Å². The van der Waals surface area contributed by atoms with Gasteiger partial charge in [-0.1, -0.05) is 12.1 Å². The molecule has 1 aromatic rings. The Hall–Kier alpha value is -2.04. The minimum absolute atomic E-state index is 0.254. The molecule has 2 rings (SSSR count). The minimum atomic E-state index is -0.927. The van der Waals surface area contributed by atoms with E-state index >= 15 is 0 Å². The number of likely N-dealkylation sites (tertiary alicyclic amines) is 1. The van der Waals surface area contributed by atoms with Crippen LogP contribution in [0.25, 0.3) is 0 Å². The van der Waals surface area contributed by atoms with E-state index in [1.165, 1.54) is 9.80 Å². The lowest BCUT2D eigenvalue weighted by Crippen LogP contribution is -2.46. The third-order valence-corrected chi connectivity index (χ3v) is 3.46. The Labute approximate surface area is 112 Å². The summed E-state index contributed by atoms with van der Waals surface area (Å²) >= 11 is 0. The maximum absolute atomic E-state index is 12.4. The number of anilines is 1. The third kappa shape index (κ3) is 2.70. The number of nitrogens with zero attached hydrogens (tertiary/aromatic N) is 2. The average Bonchev–Trinajstić information content (AvgIpc) is 2.86. The van der Waals surface area contributed by atoms with Gasteiger partial charge in [0.25, 0.3) is 0 Å². The molecule has 1 aromatic carbocycles. The van der Waals surface area contributed by atoms with E-state index in [0.717, 1.165) is 17.7 Å². The lowest BCUT2D eigenvalue weighted by atomic mass is 10.2. The summed E-state index contributed by atoms with van der Waals surface area (Å²) in [6.07, 6.45) is 1.27. The molecule has 0 bridgehead atoms. The van der Waals surface area contributed by atoms with Gasteiger partial charge in [0.1, 0.15) is 6.04 Å². The number of carboxylic acids is 1. The Bertz CT molecular complexity index is 501. The summed E-state index contributed by atoms with van der Waals surface area (Å²) in [5, 5.41) is 9.12. The average molecular weight is 262 g/mol. The lowest BCUT2D eigenvalue weighted by Gasteiger charge is -2.27. The fraction of sp³-hybridized carbons (Fsp3) is 0.429. The van der Waals surface area contributed by atoms with Crippen molar-refractivity contribution in [2.45, 2.75) is 25.8 Å². The van der Waals surface area contributed by atoms with E-state index in [-0.39, 0.29) is 6.03 Å². The van der Waals surface area contributed by atoms with E-state index in [2.05, 4.69) is 0 Å². The summed E-state index contributed by atoms with van der Waals surface area (Å²) < 4.78 is 0. The highest BCUT2D eigenvalue weighted by Gasteiger charge is 2.35. The summed E-state index contributed by atoms with van der Waals surface area (Å²) in [6, 6.07) is 6.64. The monoisotopic (exact) mass is 262 g/mol. The van der Waals surface area contributed by atoms with Gasteiger partial charge >= 0.3 is 12.0 Å². The number of carbonyl (C=O) groups excluding carboxylic acids is 1. The molecule has 0 saturated carbocycles. The second-order valence-corrected chi connectivity index (χ2v) is 4.87. The van der Waals surface area contributed by atoms with Crippen LogP contribution in [0, 0.1) is 6.92 Å². The Morgan fingerprint density at radius 1 is 1.42 bits per heavy atom. The first-order valence-corrected chi connectivity index (χ1v) is 6.34. The zero-order chi connectivity index (χ0) is 14.0. The SMILES string of the molecule is Cc1cccc(N(C)C(=O)N2CCC[C@H]2C(=O)O)c1. The minimum Gasteiger partial charge on any atom is -0.480 e. The molecule has 0 aliphatic carbocycles. The summed E-state index contributed by atoms with van der Waals surface area (Å²) in [5.74, 6) is -0.927. The predicted molar refractivity (Wildman–Crippen MR) is 72.3 cm³/mol. The van der Waals surface area contributed by atoms with Crippen LogP contribution in [0.15, 0.2) is 24.3 Å². The first-order valence-electron chi connectivity index (χ1n) is 6.34. The molecule has 19 heavy (non-hydrogen) atoms. The zero-order valence-corrected chi connectivity index (χ0v) is 11.2. The number of carboxylic acid groups (broad SMARTS) is 1. The molecule has 102 valence electrons. The van der Waals surface area contributed by atoms with E-state index in [1.807, 2.05) is 31.2 Å². The fourth-order valence-corrected chi connectivity index (χ4v) is 2.39. The van der Waals surface area contributed by atoms with E-state index < -0.39 is 12.0 Å². The number of carbonyl (C=O) groups is 2. The standard InChI is InChI=1S/C14H18N2O3/c1-10-5-3-6-11(9-10)15(2)14(19)16-8-4-7-12(16)13(17)18/h3,5-6,9,12H,4,7-8H2,1-2H3,(H,17,18)/t12-/m0/s1. The van der Waals surface area contributed by atoms with Crippen LogP contribution in [0.3, 0.4) is 0 Å². The van der Waals surface area contributed by atoms with Crippen molar-refractivity contribution >= 4 is 17.7 Å². The molecular formula is C14H18N2O3. The molecule has 5 nitrogen and oxygen atoms in total. The van der Waals surface area contributed by atoms with Crippen molar-refractivity contribution in [3.05, 3.63) is 29.8 Å². The van der Waals surface area contributed by atoms with Gasteiger partial charge in [0, 0.05) is 19.3 Å². The molecular weight excluding hydrogens is 244 g/mol. The maximum atomic E-state index is 12.4. The molecule has 0 spiro atoms. The predicted octanol–water partition coefficient (Wildman–Crippen LogP) is 2.10. The van der Waals surface area contributed by atoms with E-state index in [4.69, 9.17) is 5.11 Å². The van der Waals surface area contributed by atoms with Crippen LogP contribution in [0.2, 0.25) is 0 Å². The molecule has 1 heterocycles. The number of benzene rings is 1. The normalized spacial score (nSPS) is 18.4. The molecule has 1 N–H and O–H groups in total. The number of rotatable bonds is 2. The topological polar surface area (TPSA) is 60.9 Å². The van der Waals surface area contributed by atoms with Crippen LogP contribution in [0.5, 0.6) is 0 Å². The maximum Gasteiger partial charge on any atom is 0.326 e.